The van der Waals surface area contributed by atoms with Gasteiger partial charge in [0, 0.05) is 5.56 Å². The van der Waals surface area contributed by atoms with Crippen LogP contribution < -0.4 is 9.47 Å². The summed E-state index contributed by atoms with van der Waals surface area (Å²) >= 11 is 0. The van der Waals surface area contributed by atoms with Crippen molar-refractivity contribution in [2.75, 3.05) is 13.4 Å². The maximum absolute atomic E-state index is 11.9. The smallest absolute Gasteiger partial charge is 0.361 e. The number of benzene rings is 2. The number of hydrogen-bond acceptors (Lipinski definition) is 6. The fourth-order valence-electron chi connectivity index (χ4n) is 2.67. The molecular weight excluding hydrogens is 322 g/mol. The summed E-state index contributed by atoms with van der Waals surface area (Å²) in [5.74, 6) is 0.996. The van der Waals surface area contributed by atoms with Crippen LogP contribution in [0.4, 0.5) is 0 Å². The van der Waals surface area contributed by atoms with Crippen molar-refractivity contribution in [2.24, 2.45) is 0 Å². The Morgan fingerprint density at radius 2 is 1.76 bits per heavy atom. The van der Waals surface area contributed by atoms with Crippen LogP contribution in [0.5, 0.6) is 11.5 Å². The van der Waals surface area contributed by atoms with E-state index in [1.54, 1.807) is 6.92 Å². The van der Waals surface area contributed by atoms with E-state index < -0.39 is 5.97 Å². The first kappa shape index (κ1) is 15.2. The van der Waals surface area contributed by atoms with Gasteiger partial charge in [0.15, 0.2) is 17.2 Å². The quantitative estimate of drug-likeness (QED) is 0.736. The minimum atomic E-state index is -0.494. The highest BCUT2D eigenvalue weighted by Crippen LogP contribution is 2.36. The van der Waals surface area contributed by atoms with Crippen molar-refractivity contribution in [2.45, 2.75) is 6.92 Å². The van der Waals surface area contributed by atoms with Crippen molar-refractivity contribution in [1.82, 2.24) is 15.4 Å². The van der Waals surface area contributed by atoms with Crippen LogP contribution in [0.1, 0.15) is 17.4 Å². The molecule has 1 N–H and O–H groups in total. The van der Waals surface area contributed by atoms with Gasteiger partial charge in [-0.3, -0.25) is 0 Å². The monoisotopic (exact) mass is 337 g/mol. The van der Waals surface area contributed by atoms with Crippen LogP contribution in [0.15, 0.2) is 42.5 Å². The summed E-state index contributed by atoms with van der Waals surface area (Å²) in [6, 6.07) is 13.5. The van der Waals surface area contributed by atoms with E-state index in [1.807, 2.05) is 42.5 Å². The van der Waals surface area contributed by atoms with Crippen molar-refractivity contribution in [3.63, 3.8) is 0 Å². The van der Waals surface area contributed by atoms with E-state index in [0.717, 1.165) is 28.2 Å². The number of nitrogens with one attached hydrogen (secondary N) is 1. The van der Waals surface area contributed by atoms with E-state index in [0.29, 0.717) is 5.69 Å². The lowest BCUT2D eigenvalue weighted by molar-refractivity contribution is 0.0520. The molecule has 0 unspecified atom stereocenters. The highest BCUT2D eigenvalue weighted by Gasteiger charge is 2.19. The van der Waals surface area contributed by atoms with Gasteiger partial charge >= 0.3 is 5.97 Å². The Balaban J connectivity index is 1.63. The van der Waals surface area contributed by atoms with Crippen molar-refractivity contribution in [3.05, 3.63) is 48.2 Å². The molecule has 1 aliphatic heterocycles. The maximum atomic E-state index is 11.9. The van der Waals surface area contributed by atoms with Crippen molar-refractivity contribution >= 4 is 5.97 Å². The number of fused-ring (bicyclic) bond motifs is 1. The fourth-order valence-corrected chi connectivity index (χ4v) is 2.67. The molecular formula is C18H15N3O4. The van der Waals surface area contributed by atoms with Gasteiger partial charge in [-0.15, -0.1) is 5.10 Å². The molecule has 0 saturated carbocycles. The molecule has 3 aromatic rings. The zero-order chi connectivity index (χ0) is 17.2. The summed E-state index contributed by atoms with van der Waals surface area (Å²) in [4.78, 5) is 11.9. The zero-order valence-electron chi connectivity index (χ0n) is 13.5. The van der Waals surface area contributed by atoms with Crippen LogP contribution in [0.3, 0.4) is 0 Å². The molecule has 2 heterocycles. The number of nitrogens with zero attached hydrogens (tertiary/aromatic N) is 2. The van der Waals surface area contributed by atoms with Crippen molar-refractivity contribution in [1.29, 1.82) is 0 Å². The van der Waals surface area contributed by atoms with E-state index in [9.17, 15) is 4.79 Å². The van der Waals surface area contributed by atoms with Gasteiger partial charge in [0.25, 0.3) is 0 Å². The normalized spacial score (nSPS) is 12.2. The number of ether oxygens (including phenoxy) is 3. The van der Waals surface area contributed by atoms with Crippen LogP contribution in [-0.2, 0) is 4.74 Å². The SMILES string of the molecule is CCOC(=O)c1n[nH]nc1-c1ccc(-c2ccc3c(c2)OCO3)cc1. The second-order valence-corrected chi connectivity index (χ2v) is 5.39. The molecule has 0 amide bonds. The van der Waals surface area contributed by atoms with Gasteiger partial charge in [-0.2, -0.15) is 10.3 Å². The third-order valence-corrected chi connectivity index (χ3v) is 3.88. The van der Waals surface area contributed by atoms with Crippen molar-refractivity contribution in [3.8, 4) is 33.9 Å². The molecule has 7 heteroatoms. The predicted octanol–water partition coefficient (Wildman–Crippen LogP) is 3.04. The third-order valence-electron chi connectivity index (χ3n) is 3.88. The summed E-state index contributed by atoms with van der Waals surface area (Å²) in [6.45, 7) is 2.28. The van der Waals surface area contributed by atoms with Crippen LogP contribution in [0.2, 0.25) is 0 Å². The van der Waals surface area contributed by atoms with Gasteiger partial charge in [0.2, 0.25) is 6.79 Å². The number of aromatic nitrogens is 3. The van der Waals surface area contributed by atoms with Gasteiger partial charge in [-0.25, -0.2) is 4.79 Å². The second-order valence-electron chi connectivity index (χ2n) is 5.39. The summed E-state index contributed by atoms with van der Waals surface area (Å²) < 4.78 is 15.7. The molecule has 0 fully saturated rings. The Morgan fingerprint density at radius 3 is 2.56 bits per heavy atom. The molecule has 1 aliphatic rings. The number of H-pyrrole nitrogens is 1. The molecule has 0 radical (unpaired) electrons. The van der Waals surface area contributed by atoms with Gasteiger partial charge in [0.05, 0.1) is 6.61 Å². The Morgan fingerprint density at radius 1 is 1.04 bits per heavy atom. The predicted molar refractivity (Wildman–Crippen MR) is 89.3 cm³/mol. The summed E-state index contributed by atoms with van der Waals surface area (Å²) in [5, 5.41) is 10.4. The molecule has 126 valence electrons. The summed E-state index contributed by atoms with van der Waals surface area (Å²) in [5.41, 5.74) is 3.46. The molecule has 1 aromatic heterocycles. The molecule has 2 aromatic carbocycles. The minimum absolute atomic E-state index is 0.178. The van der Waals surface area contributed by atoms with Crippen molar-refractivity contribution < 1.29 is 19.0 Å². The standard InChI is InChI=1S/C18H15N3O4/c1-2-23-18(22)17-16(19-21-20-17)12-5-3-11(4-6-12)13-7-8-14-15(9-13)25-10-24-14/h3-9H,2,10H2,1H3,(H,19,20,21). The molecule has 0 aliphatic carbocycles. The highest BCUT2D eigenvalue weighted by atomic mass is 16.7. The number of hydrogen-bond donors (Lipinski definition) is 1. The Bertz CT molecular complexity index is 918. The van der Waals surface area contributed by atoms with Crippen LogP contribution in [-0.4, -0.2) is 34.8 Å². The average molecular weight is 337 g/mol. The Labute approximate surface area is 143 Å². The molecule has 4 rings (SSSR count). The number of carbonyl (C=O) groups excluding carboxylic acids is 1. The number of rotatable bonds is 4. The molecule has 25 heavy (non-hydrogen) atoms. The van der Waals surface area contributed by atoms with Crippen LogP contribution in [0.25, 0.3) is 22.4 Å². The molecule has 0 spiro atoms. The first-order valence-electron chi connectivity index (χ1n) is 7.84. The van der Waals surface area contributed by atoms with Gasteiger partial charge in [-0.1, -0.05) is 30.3 Å². The van der Waals surface area contributed by atoms with E-state index in [4.69, 9.17) is 14.2 Å². The Kier molecular flexibility index (Phi) is 3.81. The summed E-state index contributed by atoms with van der Waals surface area (Å²) in [7, 11) is 0. The van der Waals surface area contributed by atoms with Crippen LogP contribution >= 0.6 is 0 Å². The largest absolute Gasteiger partial charge is 0.461 e. The lowest BCUT2D eigenvalue weighted by Crippen LogP contribution is -2.06. The Hall–Kier alpha value is -3.35. The molecule has 0 atom stereocenters. The number of esters is 1. The number of carbonyl (C=O) groups is 1. The third kappa shape index (κ3) is 2.80. The van der Waals surface area contributed by atoms with E-state index in [1.165, 1.54) is 0 Å². The average Bonchev–Trinajstić information content (AvgIpc) is 3.30. The molecule has 0 bridgehead atoms. The lowest BCUT2D eigenvalue weighted by atomic mass is 10.0. The topological polar surface area (TPSA) is 86.3 Å². The second kappa shape index (κ2) is 6.27. The van der Waals surface area contributed by atoms with E-state index in [2.05, 4.69) is 15.4 Å². The fraction of sp³-hybridized carbons (Fsp3) is 0.167. The lowest BCUT2D eigenvalue weighted by Gasteiger charge is -2.05. The highest BCUT2D eigenvalue weighted by molar-refractivity contribution is 5.94. The maximum Gasteiger partial charge on any atom is 0.361 e. The zero-order valence-corrected chi connectivity index (χ0v) is 13.5. The van der Waals surface area contributed by atoms with E-state index >= 15 is 0 Å². The first-order chi connectivity index (χ1) is 12.3. The van der Waals surface area contributed by atoms with Gasteiger partial charge in [-0.05, 0) is 30.2 Å². The van der Waals surface area contributed by atoms with Gasteiger partial charge in [0.1, 0.15) is 5.69 Å². The number of aromatic amines is 1. The van der Waals surface area contributed by atoms with Crippen LogP contribution in [0, 0.1) is 0 Å². The first-order valence-corrected chi connectivity index (χ1v) is 7.84. The van der Waals surface area contributed by atoms with Gasteiger partial charge < -0.3 is 14.2 Å². The molecule has 7 nitrogen and oxygen atoms in total. The van der Waals surface area contributed by atoms with E-state index in [-0.39, 0.29) is 19.1 Å². The summed E-state index contributed by atoms with van der Waals surface area (Å²) in [6.07, 6.45) is 0. The minimum Gasteiger partial charge on any atom is -0.461 e. The molecule has 0 saturated heterocycles.